The molecule has 0 aromatic heterocycles. The summed E-state index contributed by atoms with van der Waals surface area (Å²) >= 11 is 0. The molecule has 2 N–H and O–H groups in total. The predicted octanol–water partition coefficient (Wildman–Crippen LogP) is 2.96. The third kappa shape index (κ3) is 6.31. The maximum Gasteiger partial charge on any atom is 0.313 e. The van der Waals surface area contributed by atoms with Crippen LogP contribution in [0.1, 0.15) is 38.4 Å². The van der Waals surface area contributed by atoms with E-state index in [4.69, 9.17) is 18.9 Å². The van der Waals surface area contributed by atoms with Crippen LogP contribution in [-0.2, 0) is 33.4 Å². The van der Waals surface area contributed by atoms with Crippen molar-refractivity contribution in [2.24, 2.45) is 17.8 Å². The van der Waals surface area contributed by atoms with E-state index in [1.54, 1.807) is 72.7 Å². The van der Waals surface area contributed by atoms with Gasteiger partial charge in [0.05, 0.1) is 44.4 Å². The van der Waals surface area contributed by atoms with E-state index in [2.05, 4.69) is 5.32 Å². The van der Waals surface area contributed by atoms with Crippen molar-refractivity contribution in [3.63, 3.8) is 0 Å². The van der Waals surface area contributed by atoms with Gasteiger partial charge in [-0.05, 0) is 42.2 Å². The highest BCUT2D eigenvalue weighted by Crippen LogP contribution is 2.54. The molecule has 266 valence electrons. The summed E-state index contributed by atoms with van der Waals surface area (Å²) in [7, 11) is 3.06. The molecule has 50 heavy (non-hydrogen) atoms. The maximum absolute atomic E-state index is 14.9. The summed E-state index contributed by atoms with van der Waals surface area (Å²) in [5.41, 5.74) is -0.328. The summed E-state index contributed by atoms with van der Waals surface area (Å²) < 4.78 is 23.9. The topological polar surface area (TPSA) is 144 Å². The Kier molecular flexibility index (Phi) is 10.4. The highest BCUT2D eigenvalue weighted by Gasteiger charge is 2.72. The molecule has 4 aliphatic heterocycles. The van der Waals surface area contributed by atoms with Crippen LogP contribution in [0.4, 0.5) is 5.69 Å². The number of hydrogen-bond acceptors (Lipinski definition) is 9. The summed E-state index contributed by atoms with van der Waals surface area (Å²) in [4.78, 5) is 60.4. The molecular formula is C38H45N3O9. The number of cyclic esters (lactones) is 1. The zero-order valence-electron chi connectivity index (χ0n) is 28.8. The zero-order valence-corrected chi connectivity index (χ0v) is 28.8. The fourth-order valence-corrected chi connectivity index (χ4v) is 7.80. The SMILES string of the molecule is COC[C@@H]1NC(=O)CC/C=C\[C@@H]2O[C@@]34C=CCN(c5ccc(OC)cc5)C(=O)[C@@H]3N([C@@H](CO)C(C)C)C(=O)[C@H]4[C@@H]2C(=O)O[C@H]1c1ccccc1. The quantitative estimate of drug-likeness (QED) is 0.316. The second-order valence-corrected chi connectivity index (χ2v) is 13.5. The Bertz CT molecular complexity index is 1630. The number of fused-ring (bicyclic) bond motifs is 2. The Hall–Kier alpha value is -4.52. The van der Waals surface area contributed by atoms with Gasteiger partial charge in [0.15, 0.2) is 0 Å². The van der Waals surface area contributed by atoms with Crippen LogP contribution in [-0.4, -0.2) is 97.5 Å². The second kappa shape index (κ2) is 14.8. The lowest BCUT2D eigenvalue weighted by atomic mass is 9.77. The zero-order chi connectivity index (χ0) is 35.6. The molecule has 6 rings (SSSR count). The molecule has 2 saturated heterocycles. The van der Waals surface area contributed by atoms with Crippen molar-refractivity contribution in [2.75, 3.05) is 38.9 Å². The number of allylic oxidation sites excluding steroid dienone is 1. The molecular weight excluding hydrogens is 642 g/mol. The third-order valence-electron chi connectivity index (χ3n) is 10.2. The first-order chi connectivity index (χ1) is 24.1. The minimum atomic E-state index is -1.56. The van der Waals surface area contributed by atoms with Crippen molar-refractivity contribution in [3.8, 4) is 5.75 Å². The minimum absolute atomic E-state index is 0.0617. The second-order valence-electron chi connectivity index (χ2n) is 13.5. The predicted molar refractivity (Wildman–Crippen MR) is 183 cm³/mol. The average molecular weight is 688 g/mol. The standard InChI is InChI=1S/C38H45N3O9/c1-23(2)28(21-42)41-34-36(45)40(25-15-17-26(48-4)18-16-25)20-10-19-38(34)32(35(41)44)31-29(50-38)13-8-9-14-30(43)39-27(22-47-3)33(49-37(31)46)24-11-6-5-7-12-24/h5-8,10-13,15-19,23,27-29,31-34,42H,9,14,20-22H2,1-4H3,(H,39,43)/b13-8-/t27-,28-,29-,31+,32+,33-,34-,38+/m0/s1. The van der Waals surface area contributed by atoms with Crippen LogP contribution in [0.15, 0.2) is 78.9 Å². The van der Waals surface area contributed by atoms with Crippen molar-refractivity contribution >= 4 is 29.4 Å². The molecule has 0 bridgehead atoms. The maximum atomic E-state index is 14.9. The van der Waals surface area contributed by atoms with Gasteiger partial charge in [-0.15, -0.1) is 0 Å². The van der Waals surface area contributed by atoms with E-state index in [-0.39, 0.29) is 31.4 Å². The number of anilines is 1. The van der Waals surface area contributed by atoms with Crippen LogP contribution in [0.2, 0.25) is 0 Å². The molecule has 2 aromatic rings. The number of aliphatic hydroxyl groups is 1. The molecule has 1 spiro atoms. The number of hydrogen-bond donors (Lipinski definition) is 2. The van der Waals surface area contributed by atoms with E-state index in [1.165, 1.54) is 12.0 Å². The van der Waals surface area contributed by atoms with Crippen LogP contribution in [0, 0.1) is 17.8 Å². The van der Waals surface area contributed by atoms with E-state index in [1.807, 2.05) is 32.0 Å². The molecule has 3 amide bonds. The minimum Gasteiger partial charge on any atom is -0.497 e. The van der Waals surface area contributed by atoms with Crippen LogP contribution in [0.5, 0.6) is 5.75 Å². The molecule has 12 heteroatoms. The fraction of sp³-hybridized carbons (Fsp3) is 0.474. The molecule has 4 heterocycles. The number of ether oxygens (including phenoxy) is 4. The van der Waals surface area contributed by atoms with Gasteiger partial charge in [-0.25, -0.2) is 0 Å². The van der Waals surface area contributed by atoms with Gasteiger partial charge < -0.3 is 39.2 Å². The molecule has 8 atom stereocenters. The third-order valence-corrected chi connectivity index (χ3v) is 10.2. The Morgan fingerprint density at radius 2 is 1.74 bits per heavy atom. The first-order valence-electron chi connectivity index (χ1n) is 17.1. The van der Waals surface area contributed by atoms with Crippen molar-refractivity contribution in [2.45, 2.75) is 62.6 Å². The van der Waals surface area contributed by atoms with Crippen molar-refractivity contribution in [3.05, 3.63) is 84.5 Å². The van der Waals surface area contributed by atoms with E-state index in [0.29, 0.717) is 23.4 Å². The monoisotopic (exact) mass is 687 g/mol. The molecule has 2 fully saturated rings. The number of methoxy groups -OCH3 is 2. The number of carbonyl (C=O) groups excluding carboxylic acids is 4. The van der Waals surface area contributed by atoms with E-state index < -0.39 is 72.2 Å². The Morgan fingerprint density at radius 1 is 1.00 bits per heavy atom. The Morgan fingerprint density at radius 3 is 2.40 bits per heavy atom. The largest absolute Gasteiger partial charge is 0.497 e. The van der Waals surface area contributed by atoms with Crippen molar-refractivity contribution < 1.29 is 43.2 Å². The van der Waals surface area contributed by atoms with Gasteiger partial charge in [0.1, 0.15) is 29.4 Å². The van der Waals surface area contributed by atoms with Crippen molar-refractivity contribution in [1.29, 1.82) is 0 Å². The lowest BCUT2D eigenvalue weighted by Gasteiger charge is -2.39. The number of benzene rings is 2. The smallest absolute Gasteiger partial charge is 0.313 e. The number of likely N-dealkylation sites (tertiary alicyclic amines) is 1. The summed E-state index contributed by atoms with van der Waals surface area (Å²) in [6, 6.07) is 13.4. The highest BCUT2D eigenvalue weighted by molar-refractivity contribution is 6.05. The summed E-state index contributed by atoms with van der Waals surface area (Å²) in [5.74, 6) is -3.71. The number of rotatable bonds is 8. The summed E-state index contributed by atoms with van der Waals surface area (Å²) in [5, 5.41) is 13.6. The number of amides is 3. The Balaban J connectivity index is 1.47. The first-order valence-corrected chi connectivity index (χ1v) is 17.1. The lowest BCUT2D eigenvalue weighted by molar-refractivity contribution is -0.163. The van der Waals surface area contributed by atoms with Gasteiger partial charge >= 0.3 is 5.97 Å². The number of nitrogens with one attached hydrogen (secondary N) is 1. The summed E-state index contributed by atoms with van der Waals surface area (Å²) in [6.07, 6.45) is 5.62. The van der Waals surface area contributed by atoms with Gasteiger partial charge in [0.25, 0.3) is 5.91 Å². The molecule has 0 radical (unpaired) electrons. The van der Waals surface area contributed by atoms with Gasteiger partial charge in [0.2, 0.25) is 11.8 Å². The molecule has 12 nitrogen and oxygen atoms in total. The Labute approximate surface area is 292 Å². The summed E-state index contributed by atoms with van der Waals surface area (Å²) in [6.45, 7) is 3.60. The van der Waals surface area contributed by atoms with Gasteiger partial charge in [-0.2, -0.15) is 0 Å². The van der Waals surface area contributed by atoms with Crippen molar-refractivity contribution in [1.82, 2.24) is 10.2 Å². The highest BCUT2D eigenvalue weighted by atomic mass is 16.6. The molecule has 0 unspecified atom stereocenters. The fourth-order valence-electron chi connectivity index (χ4n) is 7.80. The molecule has 2 aromatic carbocycles. The number of aliphatic hydroxyl groups excluding tert-OH is 1. The van der Waals surface area contributed by atoms with Gasteiger partial charge in [-0.1, -0.05) is 68.5 Å². The molecule has 0 saturated carbocycles. The van der Waals surface area contributed by atoms with Crippen LogP contribution in [0.25, 0.3) is 0 Å². The van der Waals surface area contributed by atoms with Crippen LogP contribution in [0.3, 0.4) is 0 Å². The first kappa shape index (κ1) is 35.3. The normalized spacial score (nSPS) is 31.1. The van der Waals surface area contributed by atoms with E-state index in [9.17, 15) is 24.3 Å². The van der Waals surface area contributed by atoms with E-state index >= 15 is 0 Å². The number of esters is 1. The molecule has 4 aliphatic rings. The average Bonchev–Trinajstić information content (AvgIpc) is 3.50. The lowest BCUT2D eigenvalue weighted by Crippen LogP contribution is -2.59. The van der Waals surface area contributed by atoms with Crippen LogP contribution >= 0.6 is 0 Å². The van der Waals surface area contributed by atoms with Gasteiger partial charge in [0, 0.05) is 25.8 Å². The van der Waals surface area contributed by atoms with Crippen LogP contribution < -0.4 is 15.0 Å². The van der Waals surface area contributed by atoms with E-state index in [0.717, 1.165) is 0 Å². The molecule has 0 aliphatic carbocycles. The number of nitrogens with zero attached hydrogens (tertiary/aromatic N) is 2. The van der Waals surface area contributed by atoms with Gasteiger partial charge in [-0.3, -0.25) is 19.2 Å². The number of carbonyl (C=O) groups is 4.